The Labute approximate surface area is 149 Å². The lowest BCUT2D eigenvalue weighted by atomic mass is 10.0. The zero-order valence-corrected chi connectivity index (χ0v) is 14.2. The number of hydrogen-bond donors (Lipinski definition) is 3. The summed E-state index contributed by atoms with van der Waals surface area (Å²) in [6.07, 6.45) is 1.16. The molecular weight excluding hydrogens is 338 g/mol. The van der Waals surface area contributed by atoms with Crippen molar-refractivity contribution in [1.82, 2.24) is 10.3 Å². The third kappa shape index (κ3) is 4.08. The van der Waals surface area contributed by atoms with Crippen molar-refractivity contribution >= 4 is 16.8 Å². The maximum Gasteiger partial charge on any atom is 0.220 e. The average Bonchev–Trinajstić information content (AvgIpc) is 2.98. The quantitative estimate of drug-likeness (QED) is 0.566. The summed E-state index contributed by atoms with van der Waals surface area (Å²) in [5, 5.41) is 12.2. The normalized spacial score (nSPS) is 11.0. The highest BCUT2D eigenvalue weighted by molar-refractivity contribution is 5.91. The van der Waals surface area contributed by atoms with Crippen molar-refractivity contribution in [2.75, 3.05) is 13.2 Å². The van der Waals surface area contributed by atoms with Crippen LogP contribution in [0.15, 0.2) is 42.5 Å². The third-order valence-electron chi connectivity index (χ3n) is 4.26. The summed E-state index contributed by atoms with van der Waals surface area (Å²) >= 11 is 0. The van der Waals surface area contributed by atoms with E-state index in [-0.39, 0.29) is 30.6 Å². The highest BCUT2D eigenvalue weighted by Gasteiger charge is 2.15. The molecule has 0 saturated carbocycles. The van der Waals surface area contributed by atoms with Gasteiger partial charge in [-0.15, -0.1) is 0 Å². The van der Waals surface area contributed by atoms with Crippen LogP contribution in [0, 0.1) is 11.6 Å². The lowest BCUT2D eigenvalue weighted by Crippen LogP contribution is -2.25. The molecule has 1 heterocycles. The highest BCUT2D eigenvalue weighted by atomic mass is 19.1. The number of aryl methyl sites for hydroxylation is 1. The van der Waals surface area contributed by atoms with Crippen LogP contribution in [0.2, 0.25) is 0 Å². The largest absolute Gasteiger partial charge is 0.396 e. The number of H-pyrrole nitrogens is 1. The Bertz CT molecular complexity index is 904. The number of aliphatic hydroxyl groups is 1. The van der Waals surface area contributed by atoms with E-state index in [2.05, 4.69) is 10.3 Å². The van der Waals surface area contributed by atoms with E-state index >= 15 is 0 Å². The molecular formula is C20H20F2N2O2. The van der Waals surface area contributed by atoms with Gasteiger partial charge in [-0.2, -0.15) is 0 Å². The monoisotopic (exact) mass is 358 g/mol. The van der Waals surface area contributed by atoms with Gasteiger partial charge in [0.25, 0.3) is 0 Å². The molecule has 0 radical (unpaired) electrons. The van der Waals surface area contributed by atoms with Gasteiger partial charge >= 0.3 is 0 Å². The number of hydrogen-bond acceptors (Lipinski definition) is 2. The second-order valence-electron chi connectivity index (χ2n) is 6.10. The lowest BCUT2D eigenvalue weighted by Gasteiger charge is -2.07. The number of aromatic amines is 1. The molecule has 0 fully saturated rings. The Morgan fingerprint density at radius 3 is 2.54 bits per heavy atom. The van der Waals surface area contributed by atoms with Crippen LogP contribution in [-0.2, 0) is 11.2 Å². The molecule has 0 unspecified atom stereocenters. The molecule has 6 heteroatoms. The molecule has 0 aliphatic rings. The van der Waals surface area contributed by atoms with Gasteiger partial charge in [-0.3, -0.25) is 4.79 Å². The molecule has 3 aromatic rings. The number of carbonyl (C=O) groups is 1. The number of fused-ring (bicyclic) bond motifs is 1. The van der Waals surface area contributed by atoms with E-state index in [4.69, 9.17) is 5.11 Å². The fourth-order valence-electron chi connectivity index (χ4n) is 2.98. The number of amides is 1. The number of benzene rings is 2. The number of rotatable bonds is 7. The fraction of sp³-hybridized carbons (Fsp3) is 0.250. The molecule has 0 saturated heterocycles. The topological polar surface area (TPSA) is 65.1 Å². The highest BCUT2D eigenvalue weighted by Crippen LogP contribution is 2.32. The van der Waals surface area contributed by atoms with Crippen molar-refractivity contribution in [1.29, 1.82) is 0 Å². The van der Waals surface area contributed by atoms with E-state index in [1.807, 2.05) is 0 Å². The summed E-state index contributed by atoms with van der Waals surface area (Å²) in [5.74, 6) is -0.814. The number of aromatic nitrogens is 1. The van der Waals surface area contributed by atoms with Crippen molar-refractivity contribution in [3.63, 3.8) is 0 Å². The summed E-state index contributed by atoms with van der Waals surface area (Å²) in [5.41, 5.74) is 3.12. The molecule has 136 valence electrons. The van der Waals surface area contributed by atoms with Gasteiger partial charge < -0.3 is 15.4 Å². The van der Waals surface area contributed by atoms with Crippen LogP contribution in [0.5, 0.6) is 0 Å². The zero-order valence-electron chi connectivity index (χ0n) is 14.2. The van der Waals surface area contributed by atoms with Gasteiger partial charge in [0.05, 0.1) is 0 Å². The predicted octanol–water partition coefficient (Wildman–Crippen LogP) is 3.54. The van der Waals surface area contributed by atoms with Crippen LogP contribution in [0.3, 0.4) is 0 Å². The van der Waals surface area contributed by atoms with Crippen LogP contribution in [0.1, 0.15) is 18.4 Å². The van der Waals surface area contributed by atoms with E-state index in [9.17, 15) is 13.6 Å². The minimum Gasteiger partial charge on any atom is -0.396 e. The fourth-order valence-corrected chi connectivity index (χ4v) is 2.98. The van der Waals surface area contributed by atoms with Crippen LogP contribution in [-0.4, -0.2) is 29.1 Å². The van der Waals surface area contributed by atoms with E-state index in [1.54, 1.807) is 18.2 Å². The molecule has 0 aliphatic carbocycles. The molecule has 1 amide bonds. The van der Waals surface area contributed by atoms with Crippen molar-refractivity contribution in [3.05, 3.63) is 59.7 Å². The second kappa shape index (κ2) is 8.10. The van der Waals surface area contributed by atoms with Gasteiger partial charge in [0.2, 0.25) is 5.91 Å². The Morgan fingerprint density at radius 2 is 1.81 bits per heavy atom. The zero-order chi connectivity index (χ0) is 18.5. The standard InChI is InChI=1S/C20H20F2N2O2/c21-14-4-2-13(3-5-14)20-16(7-9-19(26)23-10-1-11-25)17-12-15(22)6-8-18(17)24-20/h2-6,8,12,24-25H,1,7,9-11H2,(H,23,26). The van der Waals surface area contributed by atoms with Crippen molar-refractivity contribution < 1.29 is 18.7 Å². The number of halogens is 2. The summed E-state index contributed by atoms with van der Waals surface area (Å²) in [4.78, 5) is 15.2. The first-order valence-corrected chi connectivity index (χ1v) is 8.52. The summed E-state index contributed by atoms with van der Waals surface area (Å²) in [6.45, 7) is 0.444. The molecule has 0 spiro atoms. The first-order chi connectivity index (χ1) is 12.6. The Kier molecular flexibility index (Phi) is 5.63. The molecule has 3 rings (SSSR count). The summed E-state index contributed by atoms with van der Waals surface area (Å²) in [6, 6.07) is 10.5. The number of carbonyl (C=O) groups excluding carboxylic acids is 1. The second-order valence-corrected chi connectivity index (χ2v) is 6.10. The maximum atomic E-state index is 13.7. The molecule has 2 aromatic carbocycles. The summed E-state index contributed by atoms with van der Waals surface area (Å²) in [7, 11) is 0. The predicted molar refractivity (Wildman–Crippen MR) is 96.7 cm³/mol. The van der Waals surface area contributed by atoms with E-state index in [1.165, 1.54) is 24.3 Å². The van der Waals surface area contributed by atoms with E-state index in [0.29, 0.717) is 24.8 Å². The molecule has 0 bridgehead atoms. The van der Waals surface area contributed by atoms with E-state index in [0.717, 1.165) is 22.3 Å². The summed E-state index contributed by atoms with van der Waals surface area (Å²) < 4.78 is 27.0. The van der Waals surface area contributed by atoms with Gasteiger partial charge in [0.15, 0.2) is 0 Å². The third-order valence-corrected chi connectivity index (χ3v) is 4.26. The van der Waals surface area contributed by atoms with Crippen LogP contribution in [0.4, 0.5) is 8.78 Å². The molecule has 3 N–H and O–H groups in total. The minimum atomic E-state index is -0.351. The first-order valence-electron chi connectivity index (χ1n) is 8.52. The van der Waals surface area contributed by atoms with Gasteiger partial charge in [0, 0.05) is 36.2 Å². The Morgan fingerprint density at radius 1 is 1.08 bits per heavy atom. The SMILES string of the molecule is O=C(CCc1c(-c2ccc(F)cc2)[nH]c2ccc(F)cc12)NCCCO. The van der Waals surface area contributed by atoms with Gasteiger partial charge in [0.1, 0.15) is 11.6 Å². The molecule has 0 atom stereocenters. The lowest BCUT2D eigenvalue weighted by molar-refractivity contribution is -0.121. The molecule has 4 nitrogen and oxygen atoms in total. The molecule has 26 heavy (non-hydrogen) atoms. The van der Waals surface area contributed by atoms with Gasteiger partial charge in [-0.25, -0.2) is 8.78 Å². The minimum absolute atomic E-state index is 0.0245. The Balaban J connectivity index is 1.90. The van der Waals surface area contributed by atoms with Crippen LogP contribution >= 0.6 is 0 Å². The number of nitrogens with one attached hydrogen (secondary N) is 2. The van der Waals surface area contributed by atoms with Crippen LogP contribution in [0.25, 0.3) is 22.2 Å². The molecule has 1 aromatic heterocycles. The van der Waals surface area contributed by atoms with Crippen molar-refractivity contribution in [3.8, 4) is 11.3 Å². The van der Waals surface area contributed by atoms with Crippen molar-refractivity contribution in [2.24, 2.45) is 0 Å². The average molecular weight is 358 g/mol. The Hall–Kier alpha value is -2.73. The molecule has 0 aliphatic heterocycles. The first kappa shape index (κ1) is 18.1. The van der Waals surface area contributed by atoms with Gasteiger partial charge in [-0.1, -0.05) is 0 Å². The van der Waals surface area contributed by atoms with E-state index < -0.39 is 0 Å². The number of aliphatic hydroxyl groups excluding tert-OH is 1. The smallest absolute Gasteiger partial charge is 0.220 e. The maximum absolute atomic E-state index is 13.7. The van der Waals surface area contributed by atoms with Crippen LogP contribution < -0.4 is 5.32 Å². The van der Waals surface area contributed by atoms with Crippen molar-refractivity contribution in [2.45, 2.75) is 19.3 Å². The van der Waals surface area contributed by atoms with Gasteiger partial charge in [-0.05, 0) is 66.4 Å².